The molecule has 0 aliphatic rings. The van der Waals surface area contributed by atoms with Gasteiger partial charge >= 0.3 is 0 Å². The van der Waals surface area contributed by atoms with Crippen molar-refractivity contribution in [2.75, 3.05) is 0 Å². The first-order valence-electron chi connectivity index (χ1n) is 5.14. The molecule has 0 atom stereocenters. The van der Waals surface area contributed by atoms with Crippen molar-refractivity contribution >= 4 is 0 Å². The molecule has 0 unspecified atom stereocenters. The van der Waals surface area contributed by atoms with Gasteiger partial charge in [0.1, 0.15) is 11.8 Å². The smallest absolute Gasteiger partial charge is 0.120 e. The first-order chi connectivity index (χ1) is 6.54. The van der Waals surface area contributed by atoms with Gasteiger partial charge < -0.3 is 4.57 Å². The Morgan fingerprint density at radius 2 is 2.00 bits per heavy atom. The van der Waals surface area contributed by atoms with Crippen LogP contribution in [-0.4, -0.2) is 4.57 Å². The largest absolute Gasteiger partial charge is 0.339 e. The molecule has 0 saturated heterocycles. The molecule has 1 aromatic rings. The van der Waals surface area contributed by atoms with Gasteiger partial charge in [0.05, 0.1) is 0 Å². The number of aromatic nitrogens is 1. The van der Waals surface area contributed by atoms with Gasteiger partial charge in [-0.05, 0) is 23.5 Å². The third-order valence-electron chi connectivity index (χ3n) is 2.26. The van der Waals surface area contributed by atoms with Crippen LogP contribution in [0.5, 0.6) is 0 Å². The average Bonchev–Trinajstić information content (AvgIpc) is 2.46. The van der Waals surface area contributed by atoms with Gasteiger partial charge in [0.15, 0.2) is 0 Å². The second-order valence-electron chi connectivity index (χ2n) is 4.47. The van der Waals surface area contributed by atoms with Crippen molar-refractivity contribution in [1.82, 2.24) is 4.57 Å². The van der Waals surface area contributed by atoms with E-state index in [1.54, 1.807) is 0 Å². The zero-order valence-corrected chi connectivity index (χ0v) is 9.41. The van der Waals surface area contributed by atoms with E-state index in [1.165, 1.54) is 5.56 Å². The van der Waals surface area contributed by atoms with Crippen LogP contribution < -0.4 is 0 Å². The van der Waals surface area contributed by atoms with Gasteiger partial charge in [-0.15, -0.1) is 0 Å². The minimum Gasteiger partial charge on any atom is -0.339 e. The molecule has 2 nitrogen and oxygen atoms in total. The van der Waals surface area contributed by atoms with Crippen molar-refractivity contribution in [3.63, 3.8) is 0 Å². The highest BCUT2D eigenvalue weighted by Crippen LogP contribution is 2.18. The summed E-state index contributed by atoms with van der Waals surface area (Å²) in [5, 5.41) is 8.96. The predicted octanol–water partition coefficient (Wildman–Crippen LogP) is 3.14. The molecule has 0 aromatic carbocycles. The Balaban J connectivity index is 2.98. The summed E-state index contributed by atoms with van der Waals surface area (Å²) < 4.78 is 2.06. The fourth-order valence-corrected chi connectivity index (χ4v) is 1.48. The Labute approximate surface area is 86.2 Å². The van der Waals surface area contributed by atoms with Crippen LogP contribution in [0.25, 0.3) is 0 Å². The summed E-state index contributed by atoms with van der Waals surface area (Å²) in [5.74, 6) is 1.07. The summed E-state index contributed by atoms with van der Waals surface area (Å²) in [6.45, 7) is 9.55. The molecular formula is C12H18N2. The molecular weight excluding hydrogens is 172 g/mol. The summed E-state index contributed by atoms with van der Waals surface area (Å²) in [6, 6.07) is 4.23. The van der Waals surface area contributed by atoms with Crippen LogP contribution >= 0.6 is 0 Å². The van der Waals surface area contributed by atoms with E-state index in [0.29, 0.717) is 11.8 Å². The molecule has 2 heteroatoms. The van der Waals surface area contributed by atoms with Gasteiger partial charge in [-0.1, -0.05) is 27.7 Å². The quantitative estimate of drug-likeness (QED) is 0.719. The maximum atomic E-state index is 8.96. The van der Waals surface area contributed by atoms with E-state index in [0.717, 1.165) is 12.2 Å². The fourth-order valence-electron chi connectivity index (χ4n) is 1.48. The lowest BCUT2D eigenvalue weighted by Gasteiger charge is -2.07. The van der Waals surface area contributed by atoms with E-state index < -0.39 is 0 Å². The second kappa shape index (κ2) is 4.32. The van der Waals surface area contributed by atoms with Gasteiger partial charge in [0.25, 0.3) is 0 Å². The zero-order valence-electron chi connectivity index (χ0n) is 9.41. The molecule has 0 saturated carbocycles. The van der Waals surface area contributed by atoms with E-state index in [9.17, 15) is 0 Å². The molecule has 1 rings (SSSR count). The van der Waals surface area contributed by atoms with E-state index in [2.05, 4.69) is 44.5 Å². The lowest BCUT2D eigenvalue weighted by atomic mass is 10.1. The molecule has 76 valence electrons. The Morgan fingerprint density at radius 1 is 1.36 bits per heavy atom. The summed E-state index contributed by atoms with van der Waals surface area (Å²) in [6.07, 6.45) is 2.10. The van der Waals surface area contributed by atoms with Gasteiger partial charge in [-0.25, -0.2) is 0 Å². The molecule has 0 spiro atoms. The van der Waals surface area contributed by atoms with Crippen molar-refractivity contribution in [2.24, 2.45) is 5.92 Å². The third kappa shape index (κ3) is 2.38. The van der Waals surface area contributed by atoms with Crippen molar-refractivity contribution in [2.45, 2.75) is 40.2 Å². The van der Waals surface area contributed by atoms with Crippen molar-refractivity contribution in [3.05, 3.63) is 23.5 Å². The Bertz CT molecular complexity index is 340. The van der Waals surface area contributed by atoms with Crippen molar-refractivity contribution < 1.29 is 0 Å². The highest BCUT2D eigenvalue weighted by atomic mass is 15.0. The highest BCUT2D eigenvalue weighted by Gasteiger charge is 2.08. The Kier molecular flexibility index (Phi) is 3.35. The van der Waals surface area contributed by atoms with Gasteiger partial charge in [0.2, 0.25) is 0 Å². The summed E-state index contributed by atoms with van der Waals surface area (Å²) >= 11 is 0. The monoisotopic (exact) mass is 190 g/mol. The number of hydrogen-bond acceptors (Lipinski definition) is 1. The summed E-state index contributed by atoms with van der Waals surface area (Å²) in [4.78, 5) is 0. The van der Waals surface area contributed by atoms with Crippen LogP contribution in [0.15, 0.2) is 12.3 Å². The average molecular weight is 190 g/mol. The van der Waals surface area contributed by atoms with Gasteiger partial charge in [0, 0.05) is 12.7 Å². The molecule has 1 aromatic heterocycles. The molecule has 0 amide bonds. The molecule has 0 N–H and O–H groups in total. The fraction of sp³-hybridized carbons (Fsp3) is 0.583. The molecule has 0 bridgehead atoms. The summed E-state index contributed by atoms with van der Waals surface area (Å²) in [5.41, 5.74) is 2.03. The third-order valence-corrected chi connectivity index (χ3v) is 2.26. The van der Waals surface area contributed by atoms with Crippen molar-refractivity contribution in [1.29, 1.82) is 5.26 Å². The molecule has 0 radical (unpaired) electrons. The molecule has 1 heterocycles. The molecule has 0 aliphatic carbocycles. The minimum absolute atomic E-state index is 0.496. The van der Waals surface area contributed by atoms with Crippen LogP contribution in [0.1, 0.15) is 44.9 Å². The maximum Gasteiger partial charge on any atom is 0.120 e. The van der Waals surface area contributed by atoms with Crippen LogP contribution in [0.2, 0.25) is 0 Å². The first kappa shape index (κ1) is 10.8. The SMILES string of the molecule is CC(C)Cn1cc(C(C)C)cc1C#N. The number of nitrogens with zero attached hydrogens (tertiary/aromatic N) is 2. The van der Waals surface area contributed by atoms with Crippen LogP contribution in [0.3, 0.4) is 0 Å². The number of hydrogen-bond donors (Lipinski definition) is 0. The standard InChI is InChI=1S/C12H18N2/c1-9(2)7-14-8-11(10(3)4)5-12(14)6-13/h5,8-10H,7H2,1-4H3. The predicted molar refractivity (Wildman–Crippen MR) is 58.1 cm³/mol. The second-order valence-corrected chi connectivity index (χ2v) is 4.47. The van der Waals surface area contributed by atoms with Crippen LogP contribution in [0, 0.1) is 17.2 Å². The van der Waals surface area contributed by atoms with Crippen molar-refractivity contribution in [3.8, 4) is 6.07 Å². The normalized spacial score (nSPS) is 10.9. The van der Waals surface area contributed by atoms with E-state index in [1.807, 2.05) is 6.07 Å². The number of nitriles is 1. The first-order valence-corrected chi connectivity index (χ1v) is 5.14. The van der Waals surface area contributed by atoms with Crippen LogP contribution in [0.4, 0.5) is 0 Å². The molecule has 0 aliphatic heterocycles. The minimum atomic E-state index is 0.496. The number of rotatable bonds is 3. The highest BCUT2D eigenvalue weighted by molar-refractivity contribution is 5.30. The molecule has 0 fully saturated rings. The van der Waals surface area contributed by atoms with Gasteiger partial charge in [-0.3, -0.25) is 0 Å². The van der Waals surface area contributed by atoms with Crippen LogP contribution in [-0.2, 0) is 6.54 Å². The lowest BCUT2D eigenvalue weighted by Crippen LogP contribution is -2.04. The summed E-state index contributed by atoms with van der Waals surface area (Å²) in [7, 11) is 0. The van der Waals surface area contributed by atoms with Gasteiger partial charge in [-0.2, -0.15) is 5.26 Å². The van der Waals surface area contributed by atoms with E-state index >= 15 is 0 Å². The lowest BCUT2D eigenvalue weighted by molar-refractivity contribution is 0.520. The van der Waals surface area contributed by atoms with E-state index in [4.69, 9.17) is 5.26 Å². The maximum absolute atomic E-state index is 8.96. The molecule has 14 heavy (non-hydrogen) atoms. The topological polar surface area (TPSA) is 28.7 Å². The Hall–Kier alpha value is -1.23. The van der Waals surface area contributed by atoms with E-state index in [-0.39, 0.29) is 0 Å². The Morgan fingerprint density at radius 3 is 2.43 bits per heavy atom. The zero-order chi connectivity index (χ0) is 10.7.